The van der Waals surface area contributed by atoms with Crippen LogP contribution in [0.2, 0.25) is 5.02 Å². The maximum atomic E-state index is 12.6. The summed E-state index contributed by atoms with van der Waals surface area (Å²) in [6.45, 7) is 7.62. The average Bonchev–Trinajstić information content (AvgIpc) is 2.76. The van der Waals surface area contributed by atoms with Crippen LogP contribution >= 0.6 is 11.6 Å². The van der Waals surface area contributed by atoms with Crippen LogP contribution in [0, 0.1) is 0 Å². The van der Waals surface area contributed by atoms with Gasteiger partial charge in [0.25, 0.3) is 5.91 Å². The number of piperazine rings is 1. The van der Waals surface area contributed by atoms with Gasteiger partial charge in [-0.3, -0.25) is 4.79 Å². The maximum absolute atomic E-state index is 12.6. The molecule has 156 valence electrons. The van der Waals surface area contributed by atoms with Gasteiger partial charge in [0.05, 0.1) is 17.8 Å². The summed E-state index contributed by atoms with van der Waals surface area (Å²) in [5, 5.41) is 3.52. The van der Waals surface area contributed by atoms with E-state index in [9.17, 15) is 4.79 Å². The molecule has 0 bridgehead atoms. The van der Waals surface area contributed by atoms with Gasteiger partial charge in [-0.1, -0.05) is 23.7 Å². The number of carbonyl (C=O) groups is 1. The summed E-state index contributed by atoms with van der Waals surface area (Å²) in [5.74, 6) is 1.70. The number of quaternary nitrogens is 2. The van der Waals surface area contributed by atoms with Crippen molar-refractivity contribution in [1.82, 2.24) is 0 Å². The first-order valence-corrected chi connectivity index (χ1v) is 10.4. The number of ether oxygens (including phenoxy) is 2. The van der Waals surface area contributed by atoms with Crippen LogP contribution in [0.3, 0.4) is 0 Å². The van der Waals surface area contributed by atoms with Gasteiger partial charge in [-0.2, -0.15) is 0 Å². The van der Waals surface area contributed by atoms with Crippen LogP contribution in [-0.4, -0.2) is 58.4 Å². The fourth-order valence-corrected chi connectivity index (χ4v) is 3.76. The zero-order chi connectivity index (χ0) is 20.6. The molecule has 1 saturated heterocycles. The molecule has 0 aromatic heterocycles. The molecule has 1 aliphatic rings. The molecule has 29 heavy (non-hydrogen) atoms. The quantitative estimate of drug-likeness (QED) is 0.585. The lowest BCUT2D eigenvalue weighted by Crippen LogP contribution is -3.30. The summed E-state index contributed by atoms with van der Waals surface area (Å²) >= 11 is 6.14. The second-order valence-corrected chi connectivity index (χ2v) is 7.78. The highest BCUT2D eigenvalue weighted by Crippen LogP contribution is 2.20. The molecule has 2 aromatic rings. The lowest BCUT2D eigenvalue weighted by atomic mass is 10.2. The van der Waals surface area contributed by atoms with E-state index in [1.54, 1.807) is 13.2 Å². The summed E-state index contributed by atoms with van der Waals surface area (Å²) in [7, 11) is 1.65. The summed E-state index contributed by atoms with van der Waals surface area (Å²) in [4.78, 5) is 15.4. The molecule has 1 aliphatic heterocycles. The number of para-hydroxylation sites is 1. The van der Waals surface area contributed by atoms with E-state index < -0.39 is 0 Å². The zero-order valence-corrected chi connectivity index (χ0v) is 17.8. The van der Waals surface area contributed by atoms with E-state index in [4.69, 9.17) is 21.1 Å². The number of nitrogens with one attached hydrogen (secondary N) is 3. The Morgan fingerprint density at radius 2 is 1.72 bits per heavy atom. The standard InChI is InChI=1S/C22H28ClN3O3/c1-17(22(27)24-21-6-4-3-5-20(21)23)26-13-11-25(12-14-26)15-16-29-19-9-7-18(28-2)8-10-19/h3-10,17H,11-16H2,1-2H3,(H,24,27)/p+2/t17-/m0/s1. The highest BCUT2D eigenvalue weighted by atomic mass is 35.5. The van der Waals surface area contributed by atoms with E-state index in [-0.39, 0.29) is 11.9 Å². The number of amides is 1. The highest BCUT2D eigenvalue weighted by molar-refractivity contribution is 6.33. The minimum Gasteiger partial charge on any atom is -0.497 e. The molecule has 0 saturated carbocycles. The van der Waals surface area contributed by atoms with Gasteiger partial charge in [0.2, 0.25) is 0 Å². The van der Waals surface area contributed by atoms with Crippen LogP contribution in [-0.2, 0) is 4.79 Å². The molecule has 1 atom stereocenters. The van der Waals surface area contributed by atoms with Gasteiger partial charge in [-0.15, -0.1) is 0 Å². The van der Waals surface area contributed by atoms with Crippen LogP contribution < -0.4 is 24.6 Å². The monoisotopic (exact) mass is 419 g/mol. The predicted octanol–water partition coefficient (Wildman–Crippen LogP) is 0.538. The molecule has 0 aliphatic carbocycles. The molecular weight excluding hydrogens is 390 g/mol. The Labute approximate surface area is 177 Å². The van der Waals surface area contributed by atoms with Crippen molar-refractivity contribution in [3.05, 3.63) is 53.6 Å². The number of rotatable bonds is 8. The van der Waals surface area contributed by atoms with E-state index in [1.807, 2.05) is 49.4 Å². The first-order chi connectivity index (χ1) is 14.1. The molecule has 0 unspecified atom stereocenters. The first kappa shape index (κ1) is 21.4. The molecule has 1 heterocycles. The second-order valence-electron chi connectivity index (χ2n) is 7.37. The first-order valence-electron chi connectivity index (χ1n) is 10.1. The van der Waals surface area contributed by atoms with Gasteiger partial charge in [-0.25, -0.2) is 0 Å². The zero-order valence-electron chi connectivity index (χ0n) is 17.0. The van der Waals surface area contributed by atoms with Crippen molar-refractivity contribution in [2.24, 2.45) is 0 Å². The predicted molar refractivity (Wildman–Crippen MR) is 114 cm³/mol. The van der Waals surface area contributed by atoms with E-state index >= 15 is 0 Å². The molecule has 1 amide bonds. The van der Waals surface area contributed by atoms with Gasteiger partial charge in [0.15, 0.2) is 6.04 Å². The number of hydrogen-bond acceptors (Lipinski definition) is 3. The summed E-state index contributed by atoms with van der Waals surface area (Å²) in [6, 6.07) is 14.9. The number of anilines is 1. The summed E-state index contributed by atoms with van der Waals surface area (Å²) < 4.78 is 11.0. The van der Waals surface area contributed by atoms with Crippen molar-refractivity contribution in [2.45, 2.75) is 13.0 Å². The molecular formula is C22H30ClN3O3+2. The van der Waals surface area contributed by atoms with Crippen molar-refractivity contribution in [2.75, 3.05) is 51.8 Å². The number of benzene rings is 2. The molecule has 6 nitrogen and oxygen atoms in total. The van der Waals surface area contributed by atoms with Crippen LogP contribution in [0.4, 0.5) is 5.69 Å². The molecule has 7 heteroatoms. The SMILES string of the molecule is COc1ccc(OCC[NH+]2CC[NH+]([C@@H](C)C(=O)Nc3ccccc3Cl)CC2)cc1. The lowest BCUT2D eigenvalue weighted by Gasteiger charge is -2.32. The van der Waals surface area contributed by atoms with Gasteiger partial charge in [0.1, 0.15) is 50.8 Å². The third kappa shape index (κ3) is 6.10. The van der Waals surface area contributed by atoms with Crippen molar-refractivity contribution >= 4 is 23.2 Å². The topological polar surface area (TPSA) is 56.4 Å². The van der Waals surface area contributed by atoms with E-state index in [0.717, 1.165) is 44.2 Å². The highest BCUT2D eigenvalue weighted by Gasteiger charge is 2.31. The van der Waals surface area contributed by atoms with Crippen molar-refractivity contribution in [3.8, 4) is 11.5 Å². The van der Waals surface area contributed by atoms with E-state index in [0.29, 0.717) is 17.3 Å². The molecule has 2 aromatic carbocycles. The minimum atomic E-state index is -0.108. The van der Waals surface area contributed by atoms with Crippen LogP contribution in [0.5, 0.6) is 11.5 Å². The summed E-state index contributed by atoms with van der Waals surface area (Å²) in [6.07, 6.45) is 0. The Kier molecular flexibility index (Phi) is 7.75. The van der Waals surface area contributed by atoms with E-state index in [1.165, 1.54) is 9.80 Å². The van der Waals surface area contributed by atoms with Crippen LogP contribution in [0.1, 0.15) is 6.92 Å². The fourth-order valence-electron chi connectivity index (χ4n) is 3.58. The molecule has 3 rings (SSSR count). The Balaban J connectivity index is 1.39. The Morgan fingerprint density at radius 1 is 1.07 bits per heavy atom. The fraction of sp³-hybridized carbons (Fsp3) is 0.409. The maximum Gasteiger partial charge on any atom is 0.282 e. The van der Waals surface area contributed by atoms with E-state index in [2.05, 4.69) is 5.32 Å². The third-order valence-electron chi connectivity index (χ3n) is 5.52. The molecule has 1 fully saturated rings. The third-order valence-corrected chi connectivity index (χ3v) is 5.85. The number of carbonyl (C=O) groups excluding carboxylic acids is 1. The van der Waals surface area contributed by atoms with Crippen molar-refractivity contribution < 1.29 is 24.1 Å². The van der Waals surface area contributed by atoms with Gasteiger partial charge in [-0.05, 0) is 43.3 Å². The Bertz CT molecular complexity index is 792. The van der Waals surface area contributed by atoms with Gasteiger partial charge in [0, 0.05) is 0 Å². The van der Waals surface area contributed by atoms with Crippen molar-refractivity contribution in [3.63, 3.8) is 0 Å². The molecule has 3 N–H and O–H groups in total. The normalized spacial score (nSPS) is 20.0. The smallest absolute Gasteiger partial charge is 0.282 e. The molecule has 0 radical (unpaired) electrons. The van der Waals surface area contributed by atoms with Crippen molar-refractivity contribution in [1.29, 1.82) is 0 Å². The Hall–Kier alpha value is -2.28. The largest absolute Gasteiger partial charge is 0.497 e. The van der Waals surface area contributed by atoms with Gasteiger partial charge < -0.3 is 24.6 Å². The minimum absolute atomic E-state index is 0.0133. The number of methoxy groups -OCH3 is 1. The second kappa shape index (κ2) is 10.5. The number of halogens is 1. The molecule has 0 spiro atoms. The van der Waals surface area contributed by atoms with Crippen LogP contribution in [0.25, 0.3) is 0 Å². The van der Waals surface area contributed by atoms with Crippen LogP contribution in [0.15, 0.2) is 48.5 Å². The summed E-state index contributed by atoms with van der Waals surface area (Å²) in [5.41, 5.74) is 0.672. The Morgan fingerprint density at radius 3 is 2.38 bits per heavy atom. The number of hydrogen-bond donors (Lipinski definition) is 3. The van der Waals surface area contributed by atoms with Gasteiger partial charge >= 0.3 is 0 Å². The average molecular weight is 420 g/mol. The lowest BCUT2D eigenvalue weighted by molar-refractivity contribution is -1.02.